The van der Waals surface area contributed by atoms with E-state index in [9.17, 15) is 0 Å². The molecule has 1 unspecified atom stereocenters. The lowest BCUT2D eigenvalue weighted by atomic mass is 9.96. The Balaban J connectivity index is 1.80. The minimum atomic E-state index is 0.491. The molecular formula is C19H29N5. The molecule has 0 radical (unpaired) electrons. The molecule has 0 saturated carbocycles. The van der Waals surface area contributed by atoms with Crippen LogP contribution in [0.3, 0.4) is 0 Å². The Hall–Kier alpha value is -1.91. The summed E-state index contributed by atoms with van der Waals surface area (Å²) in [6, 6.07) is 0. The monoisotopic (exact) mass is 327 g/mol. The van der Waals surface area contributed by atoms with E-state index in [1.807, 2.05) is 19.3 Å². The molecule has 130 valence electrons. The van der Waals surface area contributed by atoms with Crippen LogP contribution in [0.15, 0.2) is 18.6 Å². The first-order chi connectivity index (χ1) is 11.7. The van der Waals surface area contributed by atoms with Crippen LogP contribution in [0, 0.1) is 6.92 Å². The molecule has 5 nitrogen and oxygen atoms in total. The second-order valence-electron chi connectivity index (χ2n) is 6.74. The number of aryl methyl sites for hydroxylation is 3. The van der Waals surface area contributed by atoms with Crippen molar-refractivity contribution in [3.8, 4) is 0 Å². The zero-order valence-corrected chi connectivity index (χ0v) is 15.2. The van der Waals surface area contributed by atoms with Crippen molar-refractivity contribution in [3.05, 3.63) is 35.8 Å². The van der Waals surface area contributed by atoms with Gasteiger partial charge in [0.1, 0.15) is 17.5 Å². The number of piperidine rings is 1. The number of nitrogens with zero attached hydrogens (tertiary/aromatic N) is 5. The number of imidazole rings is 1. The second kappa shape index (κ2) is 7.77. The van der Waals surface area contributed by atoms with Crippen LogP contribution in [0.2, 0.25) is 0 Å². The Labute approximate surface area is 145 Å². The van der Waals surface area contributed by atoms with Crippen LogP contribution in [0.25, 0.3) is 0 Å². The Morgan fingerprint density at radius 2 is 2.12 bits per heavy atom. The highest BCUT2D eigenvalue weighted by Gasteiger charge is 2.26. The van der Waals surface area contributed by atoms with Gasteiger partial charge in [-0.2, -0.15) is 0 Å². The van der Waals surface area contributed by atoms with Crippen LogP contribution in [0.5, 0.6) is 0 Å². The molecule has 24 heavy (non-hydrogen) atoms. The molecule has 0 spiro atoms. The molecule has 5 heteroatoms. The van der Waals surface area contributed by atoms with E-state index in [1.165, 1.54) is 37.1 Å². The highest BCUT2D eigenvalue weighted by molar-refractivity contribution is 5.47. The van der Waals surface area contributed by atoms with E-state index in [-0.39, 0.29) is 0 Å². The molecule has 0 aromatic carbocycles. The predicted octanol–water partition coefficient (Wildman–Crippen LogP) is 3.73. The maximum absolute atomic E-state index is 4.74. The van der Waals surface area contributed by atoms with E-state index >= 15 is 0 Å². The highest BCUT2D eigenvalue weighted by atomic mass is 15.2. The number of hydrogen-bond acceptors (Lipinski definition) is 4. The maximum Gasteiger partial charge on any atom is 0.135 e. The van der Waals surface area contributed by atoms with Gasteiger partial charge in [0.15, 0.2) is 0 Å². The summed E-state index contributed by atoms with van der Waals surface area (Å²) in [5.74, 6) is 3.72. The first kappa shape index (κ1) is 16.9. The molecule has 0 N–H and O–H groups in total. The van der Waals surface area contributed by atoms with Crippen molar-refractivity contribution < 1.29 is 0 Å². The standard InChI is InChI=1S/C19H29N5/c1-4-6-10-23-12-9-20-18(23)17-8-7-11-24(14-17)19-16(5-2)13-21-15(3)22-19/h9,12-13,17H,4-8,10-11,14H2,1-3H3. The third kappa shape index (κ3) is 3.60. The smallest absolute Gasteiger partial charge is 0.135 e. The Kier molecular flexibility index (Phi) is 5.48. The number of unbranched alkanes of at least 4 members (excludes halogenated alkanes) is 1. The Morgan fingerprint density at radius 1 is 1.25 bits per heavy atom. The van der Waals surface area contributed by atoms with E-state index in [1.54, 1.807) is 0 Å². The lowest BCUT2D eigenvalue weighted by Gasteiger charge is -2.34. The third-order valence-electron chi connectivity index (χ3n) is 4.93. The van der Waals surface area contributed by atoms with Crippen LogP contribution in [-0.4, -0.2) is 32.6 Å². The predicted molar refractivity (Wildman–Crippen MR) is 97.5 cm³/mol. The third-order valence-corrected chi connectivity index (χ3v) is 4.93. The van der Waals surface area contributed by atoms with E-state index in [0.29, 0.717) is 5.92 Å². The van der Waals surface area contributed by atoms with Crippen molar-refractivity contribution in [2.45, 2.75) is 65.3 Å². The molecule has 2 aromatic rings. The van der Waals surface area contributed by atoms with Gasteiger partial charge in [-0.1, -0.05) is 20.3 Å². The average Bonchev–Trinajstić information content (AvgIpc) is 3.08. The van der Waals surface area contributed by atoms with Gasteiger partial charge in [-0.05, 0) is 32.6 Å². The quantitative estimate of drug-likeness (QED) is 0.811. The molecule has 1 atom stereocenters. The van der Waals surface area contributed by atoms with Gasteiger partial charge in [0, 0.05) is 49.7 Å². The summed E-state index contributed by atoms with van der Waals surface area (Å²) in [6.45, 7) is 9.55. The fraction of sp³-hybridized carbons (Fsp3) is 0.632. The highest BCUT2D eigenvalue weighted by Crippen LogP contribution is 2.30. The van der Waals surface area contributed by atoms with Crippen LogP contribution < -0.4 is 4.90 Å². The molecule has 2 aromatic heterocycles. The summed E-state index contributed by atoms with van der Waals surface area (Å²) in [4.78, 5) is 16.2. The molecule has 1 saturated heterocycles. The van der Waals surface area contributed by atoms with Gasteiger partial charge in [0.2, 0.25) is 0 Å². The van der Waals surface area contributed by atoms with Crippen molar-refractivity contribution in [3.63, 3.8) is 0 Å². The summed E-state index contributed by atoms with van der Waals surface area (Å²) in [5.41, 5.74) is 1.25. The zero-order chi connectivity index (χ0) is 16.9. The molecule has 0 bridgehead atoms. The van der Waals surface area contributed by atoms with Crippen molar-refractivity contribution in [2.24, 2.45) is 0 Å². The summed E-state index contributed by atoms with van der Waals surface area (Å²) in [5, 5.41) is 0. The molecule has 1 aliphatic heterocycles. The lowest BCUT2D eigenvalue weighted by molar-refractivity contribution is 0.463. The lowest BCUT2D eigenvalue weighted by Crippen LogP contribution is -2.36. The largest absolute Gasteiger partial charge is 0.356 e. The summed E-state index contributed by atoms with van der Waals surface area (Å²) >= 11 is 0. The van der Waals surface area contributed by atoms with Crippen LogP contribution in [-0.2, 0) is 13.0 Å². The SMILES string of the molecule is CCCCn1ccnc1C1CCCN(c2nc(C)ncc2CC)C1. The van der Waals surface area contributed by atoms with Gasteiger partial charge in [0.05, 0.1) is 0 Å². The van der Waals surface area contributed by atoms with Gasteiger partial charge in [-0.15, -0.1) is 0 Å². The minimum absolute atomic E-state index is 0.491. The van der Waals surface area contributed by atoms with Gasteiger partial charge < -0.3 is 9.47 Å². The minimum Gasteiger partial charge on any atom is -0.356 e. The Morgan fingerprint density at radius 3 is 2.92 bits per heavy atom. The van der Waals surface area contributed by atoms with Gasteiger partial charge in [0.25, 0.3) is 0 Å². The molecule has 3 heterocycles. The van der Waals surface area contributed by atoms with E-state index in [2.05, 4.69) is 39.5 Å². The van der Waals surface area contributed by atoms with Crippen LogP contribution >= 0.6 is 0 Å². The maximum atomic E-state index is 4.74. The van der Waals surface area contributed by atoms with Gasteiger partial charge >= 0.3 is 0 Å². The molecule has 3 rings (SSSR count). The topological polar surface area (TPSA) is 46.8 Å². The van der Waals surface area contributed by atoms with Crippen LogP contribution in [0.1, 0.15) is 62.7 Å². The summed E-state index contributed by atoms with van der Waals surface area (Å²) in [6.07, 6.45) is 11.9. The molecule has 0 amide bonds. The van der Waals surface area contributed by atoms with E-state index < -0.39 is 0 Å². The van der Waals surface area contributed by atoms with Crippen molar-refractivity contribution in [1.29, 1.82) is 0 Å². The van der Waals surface area contributed by atoms with E-state index in [0.717, 1.165) is 37.7 Å². The summed E-state index contributed by atoms with van der Waals surface area (Å²) < 4.78 is 2.35. The van der Waals surface area contributed by atoms with Gasteiger partial charge in [-0.25, -0.2) is 15.0 Å². The average molecular weight is 327 g/mol. The van der Waals surface area contributed by atoms with Gasteiger partial charge in [-0.3, -0.25) is 0 Å². The molecule has 0 aliphatic carbocycles. The first-order valence-electron chi connectivity index (χ1n) is 9.31. The summed E-state index contributed by atoms with van der Waals surface area (Å²) in [7, 11) is 0. The number of anilines is 1. The fourth-order valence-corrected chi connectivity index (χ4v) is 3.58. The Bertz CT molecular complexity index is 664. The van der Waals surface area contributed by atoms with Crippen molar-refractivity contribution in [2.75, 3.05) is 18.0 Å². The van der Waals surface area contributed by atoms with Crippen LogP contribution in [0.4, 0.5) is 5.82 Å². The number of rotatable bonds is 6. The fourth-order valence-electron chi connectivity index (χ4n) is 3.58. The normalized spacial score (nSPS) is 18.1. The first-order valence-corrected chi connectivity index (χ1v) is 9.31. The molecule has 1 aliphatic rings. The van der Waals surface area contributed by atoms with Crippen molar-refractivity contribution >= 4 is 5.82 Å². The van der Waals surface area contributed by atoms with Crippen molar-refractivity contribution in [1.82, 2.24) is 19.5 Å². The number of hydrogen-bond donors (Lipinski definition) is 0. The van der Waals surface area contributed by atoms with E-state index in [4.69, 9.17) is 4.98 Å². The second-order valence-corrected chi connectivity index (χ2v) is 6.74. The zero-order valence-electron chi connectivity index (χ0n) is 15.2. The number of aromatic nitrogens is 4. The molecular weight excluding hydrogens is 298 g/mol. The molecule has 1 fully saturated rings.